The standard InChI is InChI=1S/C25H30ClF3N4O4/c1-32(2)22(35)19-8-9-20(31-21(19)26)33-13-10-16(11-14-33)5-4-12-30-23(36)24(37,25(27,28)29)17-6-3-7-18(34)15-17/h3,6-9,15-16,34,37H,4-5,10-14H2,1-2H3,(H,30,36)/t24-/m0/s1. The second-order valence-corrected chi connectivity index (χ2v) is 9.65. The first-order valence-corrected chi connectivity index (χ1v) is 12.2. The number of aromatic hydroxyl groups is 1. The summed E-state index contributed by atoms with van der Waals surface area (Å²) in [5.74, 6) is -1.32. The molecular formula is C25H30ClF3N4O4. The first-order chi connectivity index (χ1) is 17.3. The van der Waals surface area contributed by atoms with Crippen molar-refractivity contribution < 1.29 is 33.0 Å². The summed E-state index contributed by atoms with van der Waals surface area (Å²) in [6, 6.07) is 7.34. The third kappa shape index (κ3) is 6.45. The van der Waals surface area contributed by atoms with Gasteiger partial charge in [0.2, 0.25) is 0 Å². The van der Waals surface area contributed by atoms with E-state index in [-0.39, 0.29) is 17.6 Å². The van der Waals surface area contributed by atoms with Crippen LogP contribution in [0.1, 0.15) is 41.6 Å². The van der Waals surface area contributed by atoms with Crippen LogP contribution in [-0.2, 0) is 10.4 Å². The predicted molar refractivity (Wildman–Crippen MR) is 133 cm³/mol. The smallest absolute Gasteiger partial charge is 0.430 e. The van der Waals surface area contributed by atoms with Crippen molar-refractivity contribution in [3.05, 3.63) is 52.7 Å². The maximum Gasteiger partial charge on any atom is 0.430 e. The molecule has 3 N–H and O–H groups in total. The second kappa shape index (κ2) is 11.6. The Morgan fingerprint density at radius 3 is 2.43 bits per heavy atom. The van der Waals surface area contributed by atoms with Gasteiger partial charge in [0.05, 0.1) is 5.56 Å². The maximum atomic E-state index is 13.6. The fourth-order valence-corrected chi connectivity index (χ4v) is 4.56. The van der Waals surface area contributed by atoms with Gasteiger partial charge in [0.1, 0.15) is 16.7 Å². The van der Waals surface area contributed by atoms with E-state index in [4.69, 9.17) is 11.6 Å². The van der Waals surface area contributed by atoms with E-state index in [1.807, 2.05) is 0 Å². The molecule has 1 aliphatic heterocycles. The van der Waals surface area contributed by atoms with Crippen molar-refractivity contribution in [2.75, 3.05) is 38.6 Å². The highest BCUT2D eigenvalue weighted by Crippen LogP contribution is 2.40. The number of carbonyl (C=O) groups is 2. The molecule has 1 aliphatic rings. The van der Waals surface area contributed by atoms with Gasteiger partial charge in [-0.05, 0) is 55.9 Å². The third-order valence-electron chi connectivity index (χ3n) is 6.49. The van der Waals surface area contributed by atoms with E-state index < -0.39 is 29.0 Å². The van der Waals surface area contributed by atoms with Crippen LogP contribution in [0.4, 0.5) is 19.0 Å². The molecule has 0 spiro atoms. The molecule has 1 saturated heterocycles. The van der Waals surface area contributed by atoms with Gasteiger partial charge in [-0.1, -0.05) is 23.7 Å². The van der Waals surface area contributed by atoms with Crippen LogP contribution in [0, 0.1) is 5.92 Å². The number of piperidine rings is 1. The van der Waals surface area contributed by atoms with Crippen molar-refractivity contribution in [3.8, 4) is 5.75 Å². The third-order valence-corrected chi connectivity index (χ3v) is 6.77. The van der Waals surface area contributed by atoms with E-state index in [0.29, 0.717) is 43.2 Å². The number of amides is 2. The Morgan fingerprint density at radius 1 is 1.19 bits per heavy atom. The number of carbonyl (C=O) groups excluding carboxylic acids is 2. The zero-order valence-corrected chi connectivity index (χ0v) is 21.3. The van der Waals surface area contributed by atoms with Crippen LogP contribution in [-0.4, -0.2) is 71.8 Å². The summed E-state index contributed by atoms with van der Waals surface area (Å²) in [6.45, 7) is 1.37. The normalized spacial score (nSPS) is 16.2. The average Bonchev–Trinajstić information content (AvgIpc) is 2.85. The van der Waals surface area contributed by atoms with Gasteiger partial charge in [0.15, 0.2) is 0 Å². The van der Waals surface area contributed by atoms with Crippen molar-refractivity contribution in [1.29, 1.82) is 0 Å². The quantitative estimate of drug-likeness (QED) is 0.347. The zero-order chi connectivity index (χ0) is 27.4. The van der Waals surface area contributed by atoms with Crippen molar-refractivity contribution in [3.63, 3.8) is 0 Å². The average molecular weight is 543 g/mol. The summed E-state index contributed by atoms with van der Waals surface area (Å²) in [5.41, 5.74) is -4.19. The van der Waals surface area contributed by atoms with E-state index in [0.717, 1.165) is 37.1 Å². The fourth-order valence-electron chi connectivity index (χ4n) is 4.33. The molecule has 1 aromatic carbocycles. The molecule has 1 fully saturated rings. The Morgan fingerprint density at radius 2 is 1.86 bits per heavy atom. The summed E-state index contributed by atoms with van der Waals surface area (Å²) in [5, 5.41) is 22.1. The number of aromatic nitrogens is 1. The topological polar surface area (TPSA) is 106 Å². The van der Waals surface area contributed by atoms with Crippen molar-refractivity contribution in [2.45, 2.75) is 37.5 Å². The lowest BCUT2D eigenvalue weighted by Gasteiger charge is -2.33. The van der Waals surface area contributed by atoms with E-state index in [9.17, 15) is 33.0 Å². The van der Waals surface area contributed by atoms with E-state index >= 15 is 0 Å². The molecule has 8 nitrogen and oxygen atoms in total. The molecule has 37 heavy (non-hydrogen) atoms. The largest absolute Gasteiger partial charge is 0.508 e. The van der Waals surface area contributed by atoms with E-state index in [2.05, 4.69) is 15.2 Å². The summed E-state index contributed by atoms with van der Waals surface area (Å²) in [4.78, 5) is 32.4. The molecule has 2 aromatic rings. The van der Waals surface area contributed by atoms with Crippen LogP contribution < -0.4 is 10.2 Å². The van der Waals surface area contributed by atoms with Gasteiger partial charge >= 0.3 is 6.18 Å². The fraction of sp³-hybridized carbons (Fsp3) is 0.480. The summed E-state index contributed by atoms with van der Waals surface area (Å²) >= 11 is 6.21. The second-order valence-electron chi connectivity index (χ2n) is 9.29. The Labute approximate surface area is 218 Å². The molecule has 0 aliphatic carbocycles. The van der Waals surface area contributed by atoms with Crippen LogP contribution in [0.15, 0.2) is 36.4 Å². The minimum atomic E-state index is -5.27. The molecule has 0 unspecified atom stereocenters. The Bertz CT molecular complexity index is 1120. The first kappa shape index (κ1) is 28.5. The van der Waals surface area contributed by atoms with Crippen molar-refractivity contribution >= 4 is 29.2 Å². The number of nitrogens with zero attached hydrogens (tertiary/aromatic N) is 3. The van der Waals surface area contributed by atoms with Gasteiger partial charge in [-0.25, -0.2) is 4.98 Å². The number of anilines is 1. The summed E-state index contributed by atoms with van der Waals surface area (Å²) < 4.78 is 40.9. The highest BCUT2D eigenvalue weighted by molar-refractivity contribution is 6.32. The number of hydrogen-bond donors (Lipinski definition) is 3. The van der Waals surface area contributed by atoms with Crippen LogP contribution in [0.25, 0.3) is 0 Å². The highest BCUT2D eigenvalue weighted by Gasteiger charge is 2.60. The lowest BCUT2D eigenvalue weighted by Crippen LogP contribution is -2.54. The number of benzene rings is 1. The number of aliphatic hydroxyl groups is 1. The molecule has 202 valence electrons. The van der Waals surface area contributed by atoms with E-state index in [1.54, 1.807) is 26.2 Å². The minimum absolute atomic E-state index is 0.0330. The Kier molecular flexibility index (Phi) is 8.91. The zero-order valence-electron chi connectivity index (χ0n) is 20.6. The summed E-state index contributed by atoms with van der Waals surface area (Å²) in [6.07, 6.45) is -2.50. The lowest BCUT2D eigenvalue weighted by atomic mass is 9.91. The molecule has 1 atom stereocenters. The molecule has 0 saturated carbocycles. The van der Waals surface area contributed by atoms with Crippen LogP contribution in [0.3, 0.4) is 0 Å². The SMILES string of the molecule is CN(C)C(=O)c1ccc(N2CCC(CCCNC(=O)[C@@](O)(c3cccc(O)c3)C(F)(F)F)CC2)nc1Cl. The van der Waals surface area contributed by atoms with Gasteiger partial charge < -0.3 is 25.3 Å². The number of nitrogens with one attached hydrogen (secondary N) is 1. The molecule has 0 bridgehead atoms. The Balaban J connectivity index is 1.49. The highest BCUT2D eigenvalue weighted by atomic mass is 35.5. The van der Waals surface area contributed by atoms with Gasteiger partial charge in [0, 0.05) is 39.3 Å². The minimum Gasteiger partial charge on any atom is -0.508 e. The van der Waals surface area contributed by atoms with Gasteiger partial charge in [-0.15, -0.1) is 0 Å². The number of phenols is 1. The number of halogens is 4. The molecule has 3 rings (SSSR count). The summed E-state index contributed by atoms with van der Waals surface area (Å²) in [7, 11) is 3.27. The van der Waals surface area contributed by atoms with Crippen molar-refractivity contribution in [2.24, 2.45) is 5.92 Å². The van der Waals surface area contributed by atoms with Gasteiger partial charge in [0.25, 0.3) is 17.4 Å². The van der Waals surface area contributed by atoms with E-state index in [1.165, 1.54) is 4.90 Å². The molecule has 12 heteroatoms. The monoisotopic (exact) mass is 542 g/mol. The first-order valence-electron chi connectivity index (χ1n) is 11.8. The number of pyridine rings is 1. The van der Waals surface area contributed by atoms with Crippen LogP contribution in [0.5, 0.6) is 5.75 Å². The molecule has 0 radical (unpaired) electrons. The number of phenolic OH excluding ortho intramolecular Hbond substituents is 1. The van der Waals surface area contributed by atoms with Crippen LogP contribution in [0.2, 0.25) is 5.15 Å². The predicted octanol–water partition coefficient (Wildman–Crippen LogP) is 3.71. The number of hydrogen-bond acceptors (Lipinski definition) is 6. The van der Waals surface area contributed by atoms with Crippen molar-refractivity contribution in [1.82, 2.24) is 15.2 Å². The molecular weight excluding hydrogens is 513 g/mol. The van der Waals surface area contributed by atoms with Gasteiger partial charge in [-0.2, -0.15) is 13.2 Å². The van der Waals surface area contributed by atoms with Crippen LogP contribution >= 0.6 is 11.6 Å². The van der Waals surface area contributed by atoms with Gasteiger partial charge in [-0.3, -0.25) is 9.59 Å². The lowest BCUT2D eigenvalue weighted by molar-refractivity contribution is -0.257. The molecule has 2 heterocycles. The molecule has 2 amide bonds. The number of rotatable bonds is 8. The molecule has 1 aromatic heterocycles. The Hall–Kier alpha value is -3.05. The maximum absolute atomic E-state index is 13.6. The number of alkyl halides is 3.